The van der Waals surface area contributed by atoms with Crippen molar-refractivity contribution in [3.8, 4) is 0 Å². The summed E-state index contributed by atoms with van der Waals surface area (Å²) >= 11 is 0. The number of rotatable bonds is 6. The van der Waals surface area contributed by atoms with Crippen molar-refractivity contribution >= 4 is 12.0 Å². The van der Waals surface area contributed by atoms with Crippen molar-refractivity contribution in [2.24, 2.45) is 5.92 Å². The van der Waals surface area contributed by atoms with Gasteiger partial charge < -0.3 is 15.3 Å². The average molecular weight is 291 g/mol. The van der Waals surface area contributed by atoms with E-state index in [4.69, 9.17) is 5.11 Å². The molecule has 1 fully saturated rings. The quantitative estimate of drug-likeness (QED) is 0.832. The Bertz CT molecular complexity index is 478. The van der Waals surface area contributed by atoms with Gasteiger partial charge in [-0.3, -0.25) is 9.78 Å². The van der Waals surface area contributed by atoms with Crippen LogP contribution in [0.5, 0.6) is 0 Å². The second-order valence-corrected chi connectivity index (χ2v) is 5.38. The van der Waals surface area contributed by atoms with Crippen LogP contribution in [0.1, 0.15) is 24.8 Å². The molecule has 2 rings (SSSR count). The molecule has 1 aliphatic heterocycles. The monoisotopic (exact) mass is 291 g/mol. The largest absolute Gasteiger partial charge is 0.481 e. The highest BCUT2D eigenvalue weighted by Gasteiger charge is 2.26. The number of hydrogen-bond donors (Lipinski definition) is 2. The number of likely N-dealkylation sites (tertiary alicyclic amines) is 1. The molecule has 6 nitrogen and oxygen atoms in total. The molecule has 21 heavy (non-hydrogen) atoms. The van der Waals surface area contributed by atoms with E-state index in [1.165, 1.54) is 0 Å². The van der Waals surface area contributed by atoms with Gasteiger partial charge in [0.25, 0.3) is 0 Å². The Labute approximate surface area is 124 Å². The Hall–Kier alpha value is -2.11. The van der Waals surface area contributed by atoms with E-state index in [2.05, 4.69) is 10.3 Å². The van der Waals surface area contributed by atoms with Crippen molar-refractivity contribution in [2.75, 3.05) is 19.6 Å². The van der Waals surface area contributed by atoms with Crippen LogP contribution in [0.4, 0.5) is 4.79 Å². The van der Waals surface area contributed by atoms with Gasteiger partial charge in [-0.1, -0.05) is 6.07 Å². The highest BCUT2D eigenvalue weighted by Crippen LogP contribution is 2.20. The van der Waals surface area contributed by atoms with E-state index in [1.807, 2.05) is 12.1 Å². The summed E-state index contributed by atoms with van der Waals surface area (Å²) in [5.74, 6) is -0.459. The molecule has 1 unspecified atom stereocenters. The first-order valence-electron chi connectivity index (χ1n) is 7.28. The second-order valence-electron chi connectivity index (χ2n) is 5.38. The lowest BCUT2D eigenvalue weighted by Gasteiger charge is -2.17. The molecule has 1 aromatic heterocycles. The standard InChI is InChI=1S/C15H21N3O3/c19-14(20)4-3-13-6-9-18(11-13)15(21)17-8-5-12-2-1-7-16-10-12/h1-2,7,10,13H,3-6,8-9,11H2,(H,17,21)(H,19,20). The third kappa shape index (κ3) is 5.06. The topological polar surface area (TPSA) is 82.5 Å². The fraction of sp³-hybridized carbons (Fsp3) is 0.533. The minimum absolute atomic E-state index is 0.0586. The molecule has 0 aliphatic carbocycles. The van der Waals surface area contributed by atoms with Crippen molar-refractivity contribution in [3.63, 3.8) is 0 Å². The van der Waals surface area contributed by atoms with Crippen molar-refractivity contribution in [2.45, 2.75) is 25.7 Å². The summed E-state index contributed by atoms with van der Waals surface area (Å²) in [5, 5.41) is 11.6. The first-order chi connectivity index (χ1) is 10.1. The van der Waals surface area contributed by atoms with Gasteiger partial charge in [-0.05, 0) is 36.8 Å². The Morgan fingerprint density at radius 1 is 1.48 bits per heavy atom. The van der Waals surface area contributed by atoms with Gasteiger partial charge in [-0.2, -0.15) is 0 Å². The van der Waals surface area contributed by atoms with E-state index in [1.54, 1.807) is 17.3 Å². The van der Waals surface area contributed by atoms with E-state index < -0.39 is 5.97 Å². The molecule has 6 heteroatoms. The highest BCUT2D eigenvalue weighted by molar-refractivity contribution is 5.74. The van der Waals surface area contributed by atoms with Gasteiger partial charge in [-0.15, -0.1) is 0 Å². The fourth-order valence-corrected chi connectivity index (χ4v) is 2.55. The number of carboxylic acid groups (broad SMARTS) is 1. The van der Waals surface area contributed by atoms with E-state index in [9.17, 15) is 9.59 Å². The van der Waals surface area contributed by atoms with Crippen molar-refractivity contribution in [1.29, 1.82) is 0 Å². The summed E-state index contributed by atoms with van der Waals surface area (Å²) in [6.07, 6.45) is 6.00. The molecule has 1 aromatic rings. The minimum atomic E-state index is -0.769. The third-order valence-corrected chi connectivity index (χ3v) is 3.75. The number of nitrogens with one attached hydrogen (secondary N) is 1. The number of aliphatic carboxylic acids is 1. The number of hydrogen-bond acceptors (Lipinski definition) is 3. The van der Waals surface area contributed by atoms with Gasteiger partial charge >= 0.3 is 12.0 Å². The van der Waals surface area contributed by atoms with Crippen LogP contribution in [-0.4, -0.2) is 46.6 Å². The molecule has 0 aromatic carbocycles. The van der Waals surface area contributed by atoms with Gasteiger partial charge in [0, 0.05) is 38.4 Å². The van der Waals surface area contributed by atoms with E-state index in [0.29, 0.717) is 32.0 Å². The van der Waals surface area contributed by atoms with Crippen LogP contribution < -0.4 is 5.32 Å². The van der Waals surface area contributed by atoms with Crippen LogP contribution in [0, 0.1) is 5.92 Å². The Morgan fingerprint density at radius 3 is 3.05 bits per heavy atom. The van der Waals surface area contributed by atoms with Crippen LogP contribution in [0.3, 0.4) is 0 Å². The van der Waals surface area contributed by atoms with Gasteiger partial charge in [0.05, 0.1) is 0 Å². The molecule has 0 bridgehead atoms. The van der Waals surface area contributed by atoms with Crippen molar-refractivity contribution in [1.82, 2.24) is 15.2 Å². The van der Waals surface area contributed by atoms with Crippen LogP contribution in [0.15, 0.2) is 24.5 Å². The third-order valence-electron chi connectivity index (χ3n) is 3.75. The Balaban J connectivity index is 1.66. The van der Waals surface area contributed by atoms with Crippen LogP contribution >= 0.6 is 0 Å². The average Bonchev–Trinajstić information content (AvgIpc) is 2.95. The zero-order valence-corrected chi connectivity index (χ0v) is 12.0. The molecule has 0 saturated carbocycles. The number of aromatic nitrogens is 1. The summed E-state index contributed by atoms with van der Waals surface area (Å²) in [7, 11) is 0. The number of carbonyl (C=O) groups is 2. The zero-order chi connectivity index (χ0) is 15.1. The van der Waals surface area contributed by atoms with Crippen molar-refractivity contribution < 1.29 is 14.7 Å². The first-order valence-corrected chi connectivity index (χ1v) is 7.28. The number of amides is 2. The molecule has 0 radical (unpaired) electrons. The van der Waals surface area contributed by atoms with Gasteiger partial charge in [0.2, 0.25) is 0 Å². The van der Waals surface area contributed by atoms with Crippen LogP contribution in [0.25, 0.3) is 0 Å². The minimum Gasteiger partial charge on any atom is -0.481 e. The van der Waals surface area contributed by atoms with E-state index in [-0.39, 0.29) is 12.5 Å². The van der Waals surface area contributed by atoms with Crippen LogP contribution in [-0.2, 0) is 11.2 Å². The Kier molecular flexibility index (Phi) is 5.54. The lowest BCUT2D eigenvalue weighted by atomic mass is 10.0. The molecular weight excluding hydrogens is 270 g/mol. The molecule has 114 valence electrons. The SMILES string of the molecule is O=C(O)CCC1CCN(C(=O)NCCc2cccnc2)C1. The molecule has 2 heterocycles. The maximum Gasteiger partial charge on any atom is 0.317 e. The second kappa shape index (κ2) is 7.61. The smallest absolute Gasteiger partial charge is 0.317 e. The Morgan fingerprint density at radius 2 is 2.33 bits per heavy atom. The molecule has 1 saturated heterocycles. The summed E-state index contributed by atoms with van der Waals surface area (Å²) in [5.41, 5.74) is 1.10. The van der Waals surface area contributed by atoms with Gasteiger partial charge in [-0.25, -0.2) is 4.79 Å². The lowest BCUT2D eigenvalue weighted by Crippen LogP contribution is -2.39. The summed E-state index contributed by atoms with van der Waals surface area (Å²) in [6.45, 7) is 1.95. The summed E-state index contributed by atoms with van der Waals surface area (Å²) < 4.78 is 0. The zero-order valence-electron chi connectivity index (χ0n) is 12.0. The lowest BCUT2D eigenvalue weighted by molar-refractivity contribution is -0.137. The van der Waals surface area contributed by atoms with Crippen molar-refractivity contribution in [3.05, 3.63) is 30.1 Å². The number of nitrogens with zero attached hydrogens (tertiary/aromatic N) is 2. The van der Waals surface area contributed by atoms with Gasteiger partial charge in [0.1, 0.15) is 0 Å². The highest BCUT2D eigenvalue weighted by atomic mass is 16.4. The predicted molar refractivity (Wildman–Crippen MR) is 77.9 cm³/mol. The van der Waals surface area contributed by atoms with Gasteiger partial charge in [0.15, 0.2) is 0 Å². The van der Waals surface area contributed by atoms with E-state index >= 15 is 0 Å². The maximum atomic E-state index is 12.0. The normalized spacial score (nSPS) is 17.7. The molecule has 2 amide bonds. The predicted octanol–water partition coefficient (Wildman–Crippen LogP) is 1.52. The molecular formula is C15H21N3O3. The number of pyridine rings is 1. The van der Waals surface area contributed by atoms with E-state index in [0.717, 1.165) is 18.4 Å². The molecule has 1 atom stereocenters. The maximum absolute atomic E-state index is 12.0. The first kappa shape index (κ1) is 15.3. The molecule has 2 N–H and O–H groups in total. The summed E-state index contributed by atoms with van der Waals surface area (Å²) in [4.78, 5) is 28.4. The number of urea groups is 1. The molecule has 0 spiro atoms. The summed E-state index contributed by atoms with van der Waals surface area (Å²) in [6, 6.07) is 3.80. The fourth-order valence-electron chi connectivity index (χ4n) is 2.55. The number of carboxylic acids is 1. The van der Waals surface area contributed by atoms with Crippen LogP contribution in [0.2, 0.25) is 0 Å². The number of carbonyl (C=O) groups excluding carboxylic acids is 1. The molecule has 1 aliphatic rings.